The van der Waals surface area contributed by atoms with Crippen LogP contribution < -0.4 is 0 Å². The van der Waals surface area contributed by atoms with Crippen molar-refractivity contribution in [2.24, 2.45) is 0 Å². The molecule has 3 heteroatoms. The molecule has 0 saturated heterocycles. The van der Waals surface area contributed by atoms with Gasteiger partial charge >= 0.3 is 0 Å². The lowest BCUT2D eigenvalue weighted by Gasteiger charge is -2.22. The maximum absolute atomic E-state index is 11.4. The van der Waals surface area contributed by atoms with Gasteiger partial charge in [0.1, 0.15) is 0 Å². The first-order valence-electron chi connectivity index (χ1n) is 7.59. The highest BCUT2D eigenvalue weighted by Crippen LogP contribution is 2.37. The number of nitro groups is 1. The van der Waals surface area contributed by atoms with Gasteiger partial charge < -0.3 is 0 Å². The summed E-state index contributed by atoms with van der Waals surface area (Å²) in [6, 6.07) is 15.4. The summed E-state index contributed by atoms with van der Waals surface area (Å²) in [4.78, 5) is 11.2. The zero-order chi connectivity index (χ0) is 14.7. The summed E-state index contributed by atoms with van der Waals surface area (Å²) in [6.07, 6.45) is 6.07. The molecule has 0 aliphatic heterocycles. The fraction of sp³-hybridized carbons (Fsp3) is 0.333. The van der Waals surface area contributed by atoms with E-state index in [1.807, 2.05) is 36.4 Å². The maximum Gasteiger partial charge on any atom is 0.277 e. The average Bonchev–Trinajstić information content (AvgIpc) is 2.56. The van der Waals surface area contributed by atoms with Crippen molar-refractivity contribution in [2.45, 2.75) is 38.0 Å². The monoisotopic (exact) mass is 281 g/mol. The van der Waals surface area contributed by atoms with Crippen LogP contribution in [0.5, 0.6) is 0 Å². The zero-order valence-electron chi connectivity index (χ0n) is 12.0. The van der Waals surface area contributed by atoms with E-state index in [0.717, 1.165) is 24.0 Å². The molecular formula is C18H19NO2. The molecule has 0 bridgehead atoms. The summed E-state index contributed by atoms with van der Waals surface area (Å²) in [7, 11) is 0. The Labute approximate surface area is 124 Å². The Morgan fingerprint density at radius 3 is 2.33 bits per heavy atom. The van der Waals surface area contributed by atoms with E-state index in [1.54, 1.807) is 6.07 Å². The van der Waals surface area contributed by atoms with E-state index in [-0.39, 0.29) is 10.6 Å². The van der Waals surface area contributed by atoms with Crippen LogP contribution >= 0.6 is 0 Å². The molecule has 0 unspecified atom stereocenters. The highest BCUT2D eigenvalue weighted by molar-refractivity contribution is 5.74. The minimum Gasteiger partial charge on any atom is -0.258 e. The molecule has 0 atom stereocenters. The van der Waals surface area contributed by atoms with Gasteiger partial charge in [-0.2, -0.15) is 0 Å². The second-order valence-corrected chi connectivity index (χ2v) is 5.73. The molecule has 2 aromatic carbocycles. The first kappa shape index (κ1) is 13.8. The third kappa shape index (κ3) is 2.97. The van der Waals surface area contributed by atoms with E-state index in [9.17, 15) is 10.1 Å². The molecule has 0 amide bonds. The first-order chi connectivity index (χ1) is 10.3. The van der Waals surface area contributed by atoms with Crippen molar-refractivity contribution >= 4 is 5.69 Å². The van der Waals surface area contributed by atoms with Crippen molar-refractivity contribution in [2.75, 3.05) is 0 Å². The Bertz CT molecular complexity index is 631. The normalized spacial score (nSPS) is 15.8. The number of rotatable bonds is 3. The quantitative estimate of drug-likeness (QED) is 0.565. The maximum atomic E-state index is 11.4. The predicted molar refractivity (Wildman–Crippen MR) is 84.4 cm³/mol. The van der Waals surface area contributed by atoms with Gasteiger partial charge in [-0.3, -0.25) is 10.1 Å². The molecule has 0 spiro atoms. The van der Waals surface area contributed by atoms with Gasteiger partial charge in [-0.15, -0.1) is 0 Å². The average molecular weight is 281 g/mol. The van der Waals surface area contributed by atoms with Gasteiger partial charge in [0.05, 0.1) is 10.5 Å². The van der Waals surface area contributed by atoms with Crippen LogP contribution in [0.2, 0.25) is 0 Å². The molecule has 0 N–H and O–H groups in total. The Hall–Kier alpha value is -2.16. The molecule has 0 aromatic heterocycles. The number of benzene rings is 2. The number of nitrogens with zero attached hydrogens (tertiary/aromatic N) is 1. The largest absolute Gasteiger partial charge is 0.277 e. The highest BCUT2D eigenvalue weighted by atomic mass is 16.6. The second-order valence-electron chi connectivity index (χ2n) is 5.73. The zero-order valence-corrected chi connectivity index (χ0v) is 12.0. The lowest BCUT2D eigenvalue weighted by Crippen LogP contribution is -2.05. The van der Waals surface area contributed by atoms with Crippen LogP contribution in [0.1, 0.15) is 43.6 Å². The summed E-state index contributed by atoms with van der Waals surface area (Å²) >= 11 is 0. The molecule has 108 valence electrons. The van der Waals surface area contributed by atoms with E-state index in [4.69, 9.17) is 0 Å². The van der Waals surface area contributed by atoms with Crippen LogP contribution in [-0.2, 0) is 0 Å². The Morgan fingerprint density at radius 1 is 0.952 bits per heavy atom. The van der Waals surface area contributed by atoms with E-state index >= 15 is 0 Å². The summed E-state index contributed by atoms with van der Waals surface area (Å²) in [6.45, 7) is 0. The molecule has 2 aromatic rings. The lowest BCUT2D eigenvalue weighted by molar-refractivity contribution is -0.384. The summed E-state index contributed by atoms with van der Waals surface area (Å²) in [5.41, 5.74) is 2.96. The minimum atomic E-state index is -0.255. The highest BCUT2D eigenvalue weighted by Gasteiger charge is 2.21. The van der Waals surface area contributed by atoms with Crippen molar-refractivity contribution in [3.63, 3.8) is 0 Å². The standard InChI is InChI=1S/C18H19NO2/c20-19(21)18-13-16(14-7-3-1-4-8-14)11-12-17(18)15-9-5-2-6-10-15/h2,5-6,9-14H,1,3-4,7-8H2. The molecule has 1 saturated carbocycles. The minimum absolute atomic E-state index is 0.226. The summed E-state index contributed by atoms with van der Waals surface area (Å²) in [5, 5.41) is 11.4. The van der Waals surface area contributed by atoms with Crippen LogP contribution in [-0.4, -0.2) is 4.92 Å². The second kappa shape index (κ2) is 6.08. The summed E-state index contributed by atoms with van der Waals surface area (Å²) < 4.78 is 0. The molecule has 3 rings (SSSR count). The summed E-state index contributed by atoms with van der Waals surface area (Å²) in [5.74, 6) is 0.488. The van der Waals surface area contributed by atoms with Crippen molar-refractivity contribution < 1.29 is 4.92 Å². The Balaban J connectivity index is 2.00. The Kier molecular flexibility index (Phi) is 4.00. The molecule has 3 nitrogen and oxygen atoms in total. The number of hydrogen-bond acceptors (Lipinski definition) is 2. The number of nitro benzene ring substituents is 1. The van der Waals surface area contributed by atoms with Crippen LogP contribution in [0, 0.1) is 10.1 Å². The van der Waals surface area contributed by atoms with Crippen molar-refractivity contribution in [3.05, 3.63) is 64.2 Å². The third-order valence-corrected chi connectivity index (χ3v) is 4.38. The van der Waals surface area contributed by atoms with E-state index in [1.165, 1.54) is 19.3 Å². The van der Waals surface area contributed by atoms with Gasteiger partial charge in [0.2, 0.25) is 0 Å². The first-order valence-corrected chi connectivity index (χ1v) is 7.59. The van der Waals surface area contributed by atoms with Crippen molar-refractivity contribution in [3.8, 4) is 11.1 Å². The fourth-order valence-electron chi connectivity index (χ4n) is 3.25. The van der Waals surface area contributed by atoms with E-state index < -0.39 is 0 Å². The van der Waals surface area contributed by atoms with Gasteiger partial charge in [-0.1, -0.05) is 55.7 Å². The van der Waals surface area contributed by atoms with Crippen LogP contribution in [0.4, 0.5) is 5.69 Å². The van der Waals surface area contributed by atoms with Gasteiger partial charge in [0.25, 0.3) is 5.69 Å². The molecule has 0 radical (unpaired) electrons. The molecule has 0 heterocycles. The van der Waals surface area contributed by atoms with Gasteiger partial charge in [0, 0.05) is 6.07 Å². The van der Waals surface area contributed by atoms with Crippen LogP contribution in [0.15, 0.2) is 48.5 Å². The van der Waals surface area contributed by atoms with E-state index in [2.05, 4.69) is 6.07 Å². The predicted octanol–water partition coefficient (Wildman–Crippen LogP) is 5.31. The Morgan fingerprint density at radius 2 is 1.67 bits per heavy atom. The van der Waals surface area contributed by atoms with Crippen molar-refractivity contribution in [1.82, 2.24) is 0 Å². The molecule has 1 fully saturated rings. The smallest absolute Gasteiger partial charge is 0.258 e. The topological polar surface area (TPSA) is 43.1 Å². The van der Waals surface area contributed by atoms with Crippen molar-refractivity contribution in [1.29, 1.82) is 0 Å². The molecule has 1 aliphatic carbocycles. The van der Waals surface area contributed by atoms with E-state index in [0.29, 0.717) is 11.5 Å². The lowest BCUT2D eigenvalue weighted by atomic mass is 9.83. The third-order valence-electron chi connectivity index (χ3n) is 4.38. The molecule has 1 aliphatic rings. The van der Waals surface area contributed by atoms with Crippen LogP contribution in [0.25, 0.3) is 11.1 Å². The van der Waals surface area contributed by atoms with Crippen LogP contribution in [0.3, 0.4) is 0 Å². The van der Waals surface area contributed by atoms with Gasteiger partial charge in [0.15, 0.2) is 0 Å². The fourth-order valence-corrected chi connectivity index (χ4v) is 3.25. The molecular weight excluding hydrogens is 262 g/mol. The van der Waals surface area contributed by atoms with Gasteiger partial charge in [-0.05, 0) is 36.0 Å². The SMILES string of the molecule is O=[N+]([O-])c1cc(C2CCCCC2)ccc1-c1ccccc1. The van der Waals surface area contributed by atoms with Gasteiger partial charge in [-0.25, -0.2) is 0 Å². The molecule has 21 heavy (non-hydrogen) atoms. The number of hydrogen-bond donors (Lipinski definition) is 0.